The van der Waals surface area contributed by atoms with Gasteiger partial charge in [-0.2, -0.15) is 0 Å². The largest absolute Gasteiger partial charge is 0.506 e. The molecular formula is C25H20Cl2N2O3. The number of benzene rings is 4. The lowest BCUT2D eigenvalue weighted by atomic mass is 10.0. The molecule has 32 heavy (non-hydrogen) atoms. The van der Waals surface area contributed by atoms with Crippen molar-refractivity contribution < 1.29 is 14.6 Å². The van der Waals surface area contributed by atoms with E-state index in [-0.39, 0.29) is 16.3 Å². The van der Waals surface area contributed by atoms with E-state index in [4.69, 9.17) is 44.2 Å². The monoisotopic (exact) mass is 466 g/mol. The van der Waals surface area contributed by atoms with Gasteiger partial charge in [-0.3, -0.25) is 4.79 Å². The van der Waals surface area contributed by atoms with Gasteiger partial charge in [0, 0.05) is 27.8 Å². The molecule has 0 aliphatic rings. The van der Waals surface area contributed by atoms with E-state index in [0.29, 0.717) is 6.61 Å². The molecule has 0 saturated heterocycles. The van der Waals surface area contributed by atoms with Gasteiger partial charge in [-0.05, 0) is 53.4 Å². The van der Waals surface area contributed by atoms with Crippen LogP contribution >= 0.6 is 23.2 Å². The number of nitrogens with one attached hydrogen (secondary N) is 1. The number of nitrogens with two attached hydrogens (primary N) is 1. The number of ether oxygens (including phenoxy) is 1. The summed E-state index contributed by atoms with van der Waals surface area (Å²) < 4.78 is 5.93. The van der Waals surface area contributed by atoms with Crippen molar-refractivity contribution in [1.82, 2.24) is 0 Å². The van der Waals surface area contributed by atoms with E-state index in [2.05, 4.69) is 0 Å². The number of carbonyl (C=O) groups is 1. The zero-order valence-corrected chi connectivity index (χ0v) is 18.4. The van der Waals surface area contributed by atoms with Crippen LogP contribution < -0.4 is 10.5 Å². The highest BCUT2D eigenvalue weighted by molar-refractivity contribution is 6.32. The second kappa shape index (κ2) is 10.7. The van der Waals surface area contributed by atoms with E-state index >= 15 is 0 Å². The summed E-state index contributed by atoms with van der Waals surface area (Å²) in [6, 6.07) is 23.5. The van der Waals surface area contributed by atoms with Crippen LogP contribution in [0.2, 0.25) is 10.0 Å². The van der Waals surface area contributed by atoms with Gasteiger partial charge in [-0.1, -0.05) is 59.6 Å². The van der Waals surface area contributed by atoms with E-state index in [0.717, 1.165) is 32.7 Å². The topological polar surface area (TPSA) is 96.4 Å². The number of rotatable bonds is 5. The third-order valence-electron chi connectivity index (χ3n) is 4.61. The highest BCUT2D eigenvalue weighted by Crippen LogP contribution is 2.28. The van der Waals surface area contributed by atoms with Crippen LogP contribution in [-0.2, 0) is 6.61 Å². The van der Waals surface area contributed by atoms with E-state index < -0.39 is 5.91 Å². The van der Waals surface area contributed by atoms with E-state index in [9.17, 15) is 4.79 Å². The fraction of sp³-hybridized carbons (Fsp3) is 0.0400. The molecule has 5 nitrogen and oxygen atoms in total. The number of primary amides is 1. The lowest BCUT2D eigenvalue weighted by molar-refractivity contribution is 0.100. The van der Waals surface area contributed by atoms with Crippen molar-refractivity contribution in [2.75, 3.05) is 0 Å². The minimum Gasteiger partial charge on any atom is -0.506 e. The molecular weight excluding hydrogens is 447 g/mol. The lowest BCUT2D eigenvalue weighted by Gasteiger charge is -2.11. The molecule has 4 aromatic carbocycles. The van der Waals surface area contributed by atoms with Gasteiger partial charge in [0.25, 0.3) is 0 Å². The Hall–Kier alpha value is -3.54. The molecule has 0 saturated carbocycles. The predicted molar refractivity (Wildman–Crippen MR) is 129 cm³/mol. The molecule has 0 radical (unpaired) electrons. The fourth-order valence-electron chi connectivity index (χ4n) is 2.95. The molecule has 0 aliphatic carbocycles. The Morgan fingerprint density at radius 1 is 0.969 bits per heavy atom. The average molecular weight is 467 g/mol. The molecule has 0 bridgehead atoms. The van der Waals surface area contributed by atoms with E-state index in [1.807, 2.05) is 60.7 Å². The van der Waals surface area contributed by atoms with Crippen LogP contribution in [0, 0.1) is 5.41 Å². The normalized spacial score (nSPS) is 10.2. The molecule has 0 aromatic heterocycles. The van der Waals surface area contributed by atoms with Crippen molar-refractivity contribution in [3.63, 3.8) is 0 Å². The first-order chi connectivity index (χ1) is 15.4. The van der Waals surface area contributed by atoms with Gasteiger partial charge in [0.2, 0.25) is 5.91 Å². The Bertz CT molecular complexity index is 1260. The summed E-state index contributed by atoms with van der Waals surface area (Å²) in [4.78, 5) is 10.5. The number of phenols is 1. The second-order valence-corrected chi connectivity index (χ2v) is 7.63. The Morgan fingerprint density at radius 3 is 2.28 bits per heavy atom. The van der Waals surface area contributed by atoms with Crippen LogP contribution in [0.15, 0.2) is 78.9 Å². The Kier molecular flexibility index (Phi) is 7.71. The van der Waals surface area contributed by atoms with Crippen LogP contribution in [0.3, 0.4) is 0 Å². The minimum absolute atomic E-state index is 0.0586. The fourth-order valence-corrected chi connectivity index (χ4v) is 3.25. The van der Waals surface area contributed by atoms with Crippen LogP contribution in [0.1, 0.15) is 21.5 Å². The molecule has 0 atom stereocenters. The second-order valence-electron chi connectivity index (χ2n) is 6.79. The Balaban J connectivity index is 0.000000222. The van der Waals surface area contributed by atoms with Crippen molar-refractivity contribution in [3.8, 4) is 11.5 Å². The zero-order chi connectivity index (χ0) is 23.1. The van der Waals surface area contributed by atoms with Gasteiger partial charge < -0.3 is 21.0 Å². The number of amides is 1. The maximum atomic E-state index is 10.5. The van der Waals surface area contributed by atoms with Crippen LogP contribution in [0.25, 0.3) is 10.8 Å². The summed E-state index contributed by atoms with van der Waals surface area (Å²) in [7, 11) is 0. The molecule has 1 amide bonds. The summed E-state index contributed by atoms with van der Waals surface area (Å²) in [6.45, 7) is 0.491. The van der Waals surface area contributed by atoms with Gasteiger partial charge in [-0.15, -0.1) is 0 Å². The number of halogens is 2. The molecule has 162 valence electrons. The summed E-state index contributed by atoms with van der Waals surface area (Å²) in [5.74, 6) is 0.203. The molecule has 0 unspecified atom stereocenters. The van der Waals surface area contributed by atoms with Crippen molar-refractivity contribution in [2.24, 2.45) is 5.73 Å². The van der Waals surface area contributed by atoms with Crippen LogP contribution in [0.5, 0.6) is 11.5 Å². The first-order valence-corrected chi connectivity index (χ1v) is 10.3. The maximum Gasteiger partial charge on any atom is 0.248 e. The molecule has 7 heteroatoms. The van der Waals surface area contributed by atoms with E-state index in [1.54, 1.807) is 0 Å². The lowest BCUT2D eigenvalue weighted by Crippen LogP contribution is -2.10. The Morgan fingerprint density at radius 2 is 1.66 bits per heavy atom. The summed E-state index contributed by atoms with van der Waals surface area (Å²) in [6.07, 6.45) is 1.37. The summed E-state index contributed by atoms with van der Waals surface area (Å²) in [5.41, 5.74) is 7.20. The SMILES string of the molecule is N=Cc1ccc(OCc2ccc(Cl)cc2)c2ccccc12.NC(=O)c1ccc(O)c(Cl)c1. The number of fused-ring (bicyclic) bond motifs is 1. The number of hydrogen-bond acceptors (Lipinski definition) is 4. The van der Waals surface area contributed by atoms with Gasteiger partial charge in [-0.25, -0.2) is 0 Å². The highest BCUT2D eigenvalue weighted by atomic mass is 35.5. The predicted octanol–water partition coefficient (Wildman–Crippen LogP) is 6.21. The first kappa shape index (κ1) is 23.1. The third-order valence-corrected chi connectivity index (χ3v) is 5.17. The number of phenolic OH excluding ortho intramolecular Hbond substituents is 1. The molecule has 0 spiro atoms. The van der Waals surface area contributed by atoms with Crippen molar-refractivity contribution in [3.05, 3.63) is 106 Å². The van der Waals surface area contributed by atoms with Crippen molar-refractivity contribution in [1.29, 1.82) is 5.41 Å². The molecule has 4 N–H and O–H groups in total. The average Bonchev–Trinajstić information content (AvgIpc) is 2.80. The first-order valence-electron chi connectivity index (χ1n) is 9.57. The van der Waals surface area contributed by atoms with Crippen molar-refractivity contribution in [2.45, 2.75) is 6.61 Å². The quantitative estimate of drug-likeness (QED) is 0.304. The smallest absolute Gasteiger partial charge is 0.248 e. The van der Waals surface area contributed by atoms with E-state index in [1.165, 1.54) is 24.4 Å². The molecule has 0 fully saturated rings. The number of carbonyl (C=O) groups excluding carboxylic acids is 1. The van der Waals surface area contributed by atoms with Gasteiger partial charge in [0.05, 0.1) is 5.02 Å². The van der Waals surface area contributed by atoms with Crippen molar-refractivity contribution >= 4 is 46.1 Å². The number of hydrogen-bond donors (Lipinski definition) is 3. The maximum absolute atomic E-state index is 10.5. The molecule has 4 rings (SSSR count). The van der Waals surface area contributed by atoms with Crippen LogP contribution in [-0.4, -0.2) is 17.2 Å². The molecule has 0 heterocycles. The minimum atomic E-state index is -0.563. The van der Waals surface area contributed by atoms with Gasteiger partial charge >= 0.3 is 0 Å². The van der Waals surface area contributed by atoms with Crippen LogP contribution in [0.4, 0.5) is 0 Å². The highest BCUT2D eigenvalue weighted by Gasteiger charge is 2.06. The Labute approximate surface area is 195 Å². The summed E-state index contributed by atoms with van der Waals surface area (Å²) >= 11 is 11.4. The zero-order valence-electron chi connectivity index (χ0n) is 16.9. The standard InChI is InChI=1S/C18H14ClNO.C7H6ClNO2/c19-15-8-5-13(6-9-15)12-21-18-10-7-14(11-20)16-3-1-2-4-17(16)18;8-5-3-4(7(9)11)1-2-6(5)10/h1-11,20H,12H2;1-3,10H,(H2,9,11). The van der Waals surface area contributed by atoms with Gasteiger partial charge in [0.1, 0.15) is 18.1 Å². The summed E-state index contributed by atoms with van der Waals surface area (Å²) in [5, 5.41) is 19.3. The number of aromatic hydroxyl groups is 1. The molecule has 4 aromatic rings. The van der Waals surface area contributed by atoms with Gasteiger partial charge in [0.15, 0.2) is 0 Å². The third kappa shape index (κ3) is 5.78. The molecule has 0 aliphatic heterocycles.